The van der Waals surface area contributed by atoms with Gasteiger partial charge in [0.05, 0.1) is 9.86 Å². The van der Waals surface area contributed by atoms with E-state index < -0.39 is 0 Å². The van der Waals surface area contributed by atoms with E-state index in [1.165, 1.54) is 0 Å². The summed E-state index contributed by atoms with van der Waals surface area (Å²) in [6.45, 7) is 0. The standard InChI is InChI=1S/C16H12Br2N4O2/c17-10-6-11-14(23)13(24-15(11)12(18)7-10)5-8-1-3-9(4-2-8)16(21-19)22-20/h1-7,19,22-23H,20H2. The molecule has 3 aromatic rings. The zero-order chi connectivity index (χ0) is 17.3. The van der Waals surface area contributed by atoms with E-state index in [-0.39, 0.29) is 11.6 Å². The Balaban J connectivity index is 2.14. The molecule has 0 spiro atoms. The smallest absolute Gasteiger partial charge is 0.170 e. The second kappa shape index (κ2) is 6.76. The number of hydrogen-bond acceptors (Lipinski definition) is 6. The highest BCUT2D eigenvalue weighted by atomic mass is 79.9. The summed E-state index contributed by atoms with van der Waals surface area (Å²) in [5.74, 6) is 6.01. The van der Waals surface area contributed by atoms with Crippen molar-refractivity contribution in [1.82, 2.24) is 5.43 Å². The molecular formula is C16H12Br2N4O2. The molecule has 0 aliphatic heterocycles. The lowest BCUT2D eigenvalue weighted by molar-refractivity contribution is 0.460. The maximum absolute atomic E-state index is 10.4. The lowest BCUT2D eigenvalue weighted by Gasteiger charge is -1.96. The Morgan fingerprint density at radius 1 is 1.25 bits per heavy atom. The number of hydrogen-bond donors (Lipinski definition) is 4. The van der Waals surface area contributed by atoms with E-state index in [1.807, 2.05) is 18.2 Å². The van der Waals surface area contributed by atoms with E-state index in [9.17, 15) is 5.11 Å². The first kappa shape index (κ1) is 16.7. The van der Waals surface area contributed by atoms with Gasteiger partial charge in [-0.05, 0) is 39.4 Å². The largest absolute Gasteiger partial charge is 0.504 e. The molecule has 0 unspecified atom stereocenters. The average Bonchev–Trinajstić information content (AvgIpc) is 2.87. The van der Waals surface area contributed by atoms with Gasteiger partial charge in [0.25, 0.3) is 0 Å². The minimum absolute atomic E-state index is 0.0770. The van der Waals surface area contributed by atoms with E-state index in [1.54, 1.807) is 24.3 Å². The molecule has 0 bridgehead atoms. The van der Waals surface area contributed by atoms with Crippen LogP contribution in [0.2, 0.25) is 0 Å². The van der Waals surface area contributed by atoms with Crippen molar-refractivity contribution in [2.45, 2.75) is 0 Å². The summed E-state index contributed by atoms with van der Waals surface area (Å²) in [6.07, 6.45) is 1.73. The molecule has 2 aromatic carbocycles. The maximum Gasteiger partial charge on any atom is 0.170 e. The summed E-state index contributed by atoms with van der Waals surface area (Å²) in [5, 5.41) is 15.8. The minimum Gasteiger partial charge on any atom is -0.504 e. The van der Waals surface area contributed by atoms with Crippen LogP contribution in [0.4, 0.5) is 0 Å². The third kappa shape index (κ3) is 3.08. The molecule has 0 fully saturated rings. The van der Waals surface area contributed by atoms with Gasteiger partial charge in [-0.1, -0.05) is 40.2 Å². The SMILES string of the molecule is N=NC(NN)=c1ccc(=Cc2oc3c(Br)cc(Br)cc3c2O)cc1. The van der Waals surface area contributed by atoms with Gasteiger partial charge in [0.1, 0.15) is 0 Å². The van der Waals surface area contributed by atoms with Gasteiger partial charge in [0.2, 0.25) is 0 Å². The molecule has 0 amide bonds. The van der Waals surface area contributed by atoms with Crippen molar-refractivity contribution in [1.29, 1.82) is 5.53 Å². The quantitative estimate of drug-likeness (QED) is 0.279. The van der Waals surface area contributed by atoms with Gasteiger partial charge in [0.15, 0.2) is 22.9 Å². The van der Waals surface area contributed by atoms with Crippen molar-refractivity contribution in [2.75, 3.05) is 0 Å². The number of aromatic hydroxyl groups is 1. The highest BCUT2D eigenvalue weighted by Gasteiger charge is 2.14. The van der Waals surface area contributed by atoms with Crippen LogP contribution >= 0.6 is 31.9 Å². The van der Waals surface area contributed by atoms with E-state index in [0.717, 1.165) is 14.2 Å². The predicted octanol–water partition coefficient (Wildman–Crippen LogP) is 3.05. The average molecular weight is 452 g/mol. The molecule has 6 nitrogen and oxygen atoms in total. The number of nitrogens with zero attached hydrogens (tertiary/aromatic N) is 1. The molecule has 122 valence electrons. The number of halogens is 2. The number of fused-ring (bicyclic) bond motifs is 1. The third-order valence-corrected chi connectivity index (χ3v) is 4.49. The summed E-state index contributed by atoms with van der Waals surface area (Å²) in [5.41, 5.74) is 9.98. The van der Waals surface area contributed by atoms with Gasteiger partial charge in [-0.15, -0.1) is 5.11 Å². The zero-order valence-electron chi connectivity index (χ0n) is 12.2. The van der Waals surface area contributed by atoms with Gasteiger partial charge in [-0.25, -0.2) is 11.4 Å². The molecule has 0 aliphatic rings. The molecule has 3 rings (SSSR count). The number of nitrogens with one attached hydrogen (secondary N) is 2. The number of furan rings is 1. The van der Waals surface area contributed by atoms with E-state index in [2.05, 4.69) is 42.4 Å². The van der Waals surface area contributed by atoms with Gasteiger partial charge in [-0.2, -0.15) is 0 Å². The van der Waals surface area contributed by atoms with Gasteiger partial charge in [0, 0.05) is 9.69 Å². The number of benzene rings is 2. The van der Waals surface area contributed by atoms with Crippen LogP contribution in [-0.2, 0) is 0 Å². The molecule has 0 saturated heterocycles. The van der Waals surface area contributed by atoms with Crippen LogP contribution < -0.4 is 21.7 Å². The number of rotatable bonds is 3. The number of nitrogens with two attached hydrogens (primary N) is 1. The van der Waals surface area contributed by atoms with Crippen molar-refractivity contribution < 1.29 is 9.52 Å². The Morgan fingerprint density at radius 2 is 1.96 bits per heavy atom. The van der Waals surface area contributed by atoms with Gasteiger partial charge < -0.3 is 14.9 Å². The monoisotopic (exact) mass is 450 g/mol. The van der Waals surface area contributed by atoms with Crippen LogP contribution in [0.3, 0.4) is 0 Å². The van der Waals surface area contributed by atoms with E-state index >= 15 is 0 Å². The molecule has 0 saturated carbocycles. The molecule has 0 radical (unpaired) electrons. The molecule has 1 aromatic heterocycles. The molecule has 0 atom stereocenters. The fraction of sp³-hybridized carbons (Fsp3) is 0. The Labute approximate surface area is 153 Å². The zero-order valence-corrected chi connectivity index (χ0v) is 15.3. The highest BCUT2D eigenvalue weighted by Crippen LogP contribution is 2.38. The first-order chi connectivity index (χ1) is 11.5. The topological polar surface area (TPSA) is 108 Å². The van der Waals surface area contributed by atoms with Crippen molar-refractivity contribution >= 4 is 54.7 Å². The molecule has 5 N–H and O–H groups in total. The Kier molecular flexibility index (Phi) is 4.70. The fourth-order valence-corrected chi connectivity index (χ4v) is 3.60. The van der Waals surface area contributed by atoms with E-state index in [4.69, 9.17) is 15.8 Å². The summed E-state index contributed by atoms with van der Waals surface area (Å²) in [4.78, 5) is 0. The molecular weight excluding hydrogens is 440 g/mol. The number of hydrazine groups is 1. The van der Waals surface area contributed by atoms with Crippen molar-refractivity contribution in [2.24, 2.45) is 11.0 Å². The highest BCUT2D eigenvalue weighted by molar-refractivity contribution is 9.11. The van der Waals surface area contributed by atoms with Crippen LogP contribution in [-0.4, -0.2) is 5.11 Å². The van der Waals surface area contributed by atoms with Crippen molar-refractivity contribution in [3.8, 4) is 5.75 Å². The summed E-state index contributed by atoms with van der Waals surface area (Å²) >= 11 is 6.82. The van der Waals surface area contributed by atoms with Gasteiger partial charge in [-0.3, -0.25) is 0 Å². The molecule has 24 heavy (non-hydrogen) atoms. The first-order valence-corrected chi connectivity index (χ1v) is 8.39. The first-order valence-electron chi connectivity index (χ1n) is 6.80. The van der Waals surface area contributed by atoms with Crippen LogP contribution in [0.25, 0.3) is 22.9 Å². The predicted molar refractivity (Wildman–Crippen MR) is 98.4 cm³/mol. The Morgan fingerprint density at radius 3 is 2.58 bits per heavy atom. The maximum atomic E-state index is 10.4. The molecule has 8 heteroatoms. The third-order valence-electron chi connectivity index (χ3n) is 3.44. The lowest BCUT2D eigenvalue weighted by atomic mass is 10.2. The Hall–Kier alpha value is -2.16. The fourth-order valence-electron chi connectivity index (χ4n) is 2.30. The van der Waals surface area contributed by atoms with Gasteiger partial charge >= 0.3 is 0 Å². The van der Waals surface area contributed by atoms with Crippen LogP contribution in [0.5, 0.6) is 5.75 Å². The normalized spacial score (nSPS) is 10.6. The van der Waals surface area contributed by atoms with E-state index in [0.29, 0.717) is 21.9 Å². The summed E-state index contributed by atoms with van der Waals surface area (Å²) in [7, 11) is 0. The van der Waals surface area contributed by atoms with Crippen LogP contribution in [0.1, 0.15) is 5.76 Å². The second-order valence-electron chi connectivity index (χ2n) is 4.95. The lowest BCUT2D eigenvalue weighted by Crippen LogP contribution is -2.25. The van der Waals surface area contributed by atoms with Crippen molar-refractivity contribution in [3.05, 3.63) is 61.5 Å². The summed E-state index contributed by atoms with van der Waals surface area (Å²) in [6, 6.07) is 10.8. The minimum atomic E-state index is 0.0770. The second-order valence-corrected chi connectivity index (χ2v) is 6.72. The van der Waals surface area contributed by atoms with Crippen LogP contribution in [0.15, 0.2) is 54.9 Å². The summed E-state index contributed by atoms with van der Waals surface area (Å²) < 4.78 is 7.34. The Bertz CT molecular complexity index is 1040. The molecule has 1 heterocycles. The molecule has 0 aliphatic carbocycles. The van der Waals surface area contributed by atoms with Crippen LogP contribution in [0, 0.1) is 5.53 Å². The van der Waals surface area contributed by atoms with Crippen molar-refractivity contribution in [3.63, 3.8) is 0 Å².